The van der Waals surface area contributed by atoms with E-state index in [1.54, 1.807) is 18.2 Å². The predicted octanol–water partition coefficient (Wildman–Crippen LogP) is 1.24. The number of benzene rings is 1. The Hall–Kier alpha value is -1.07. The number of aliphatic carboxylic acids is 1. The van der Waals surface area contributed by atoms with Crippen LogP contribution in [0.15, 0.2) is 28.7 Å². The summed E-state index contributed by atoms with van der Waals surface area (Å²) in [6, 6.07) is 6.14. The molecule has 0 fully saturated rings. The lowest BCUT2D eigenvalue weighted by atomic mass is 10.3. The fourth-order valence-electron chi connectivity index (χ4n) is 0.814. The van der Waals surface area contributed by atoms with Gasteiger partial charge >= 0.3 is 5.97 Å². The van der Waals surface area contributed by atoms with E-state index < -0.39 is 12.0 Å². The van der Waals surface area contributed by atoms with Gasteiger partial charge in [0.05, 0.1) is 0 Å². The Morgan fingerprint density at radius 2 is 2.36 bits per heavy atom. The maximum absolute atomic E-state index is 10.4. The average Bonchev–Trinajstić information content (AvgIpc) is 2.14. The Balaban J connectivity index is 2.49. The molecule has 5 heteroatoms. The van der Waals surface area contributed by atoms with Crippen LogP contribution in [-0.4, -0.2) is 23.7 Å². The van der Waals surface area contributed by atoms with Gasteiger partial charge in [-0.25, -0.2) is 0 Å². The molecular formula is C9H10BrNO3. The van der Waals surface area contributed by atoms with Gasteiger partial charge < -0.3 is 15.6 Å². The van der Waals surface area contributed by atoms with Crippen molar-refractivity contribution in [1.29, 1.82) is 0 Å². The van der Waals surface area contributed by atoms with Crippen LogP contribution in [0.4, 0.5) is 0 Å². The molecule has 0 bridgehead atoms. The summed E-state index contributed by atoms with van der Waals surface area (Å²) in [4.78, 5) is 10.4. The molecule has 0 spiro atoms. The van der Waals surface area contributed by atoms with Gasteiger partial charge in [-0.3, -0.25) is 4.79 Å². The largest absolute Gasteiger partial charge is 0.491 e. The summed E-state index contributed by atoms with van der Waals surface area (Å²) in [5.41, 5.74) is 5.27. The van der Waals surface area contributed by atoms with Gasteiger partial charge in [-0.1, -0.05) is 22.0 Å². The third-order valence-electron chi connectivity index (χ3n) is 1.54. The third-order valence-corrected chi connectivity index (χ3v) is 2.04. The van der Waals surface area contributed by atoms with E-state index in [2.05, 4.69) is 15.9 Å². The number of carboxylic acid groups (broad SMARTS) is 1. The molecule has 0 radical (unpaired) electrons. The molecule has 0 saturated heterocycles. The summed E-state index contributed by atoms with van der Waals surface area (Å²) in [5.74, 6) is -0.476. The van der Waals surface area contributed by atoms with Crippen molar-refractivity contribution in [2.45, 2.75) is 6.04 Å². The second kappa shape index (κ2) is 4.97. The molecule has 1 aromatic carbocycles. The van der Waals surface area contributed by atoms with Gasteiger partial charge in [0.1, 0.15) is 18.4 Å². The minimum absolute atomic E-state index is 0.0359. The first-order valence-corrected chi connectivity index (χ1v) is 4.75. The summed E-state index contributed by atoms with van der Waals surface area (Å²) >= 11 is 3.27. The monoisotopic (exact) mass is 259 g/mol. The van der Waals surface area contributed by atoms with Crippen LogP contribution >= 0.6 is 15.9 Å². The van der Waals surface area contributed by atoms with Crippen LogP contribution < -0.4 is 10.5 Å². The van der Waals surface area contributed by atoms with Crippen molar-refractivity contribution in [2.75, 3.05) is 6.61 Å². The van der Waals surface area contributed by atoms with E-state index in [9.17, 15) is 4.79 Å². The van der Waals surface area contributed by atoms with Crippen LogP contribution in [0.3, 0.4) is 0 Å². The highest BCUT2D eigenvalue weighted by Gasteiger charge is 2.11. The van der Waals surface area contributed by atoms with Crippen molar-refractivity contribution in [3.8, 4) is 5.75 Å². The first kappa shape index (κ1) is 11.0. The van der Waals surface area contributed by atoms with Gasteiger partial charge in [0.25, 0.3) is 0 Å². The number of carbonyl (C=O) groups is 1. The van der Waals surface area contributed by atoms with Crippen LogP contribution in [0.1, 0.15) is 0 Å². The van der Waals surface area contributed by atoms with E-state index >= 15 is 0 Å². The fourth-order valence-corrected chi connectivity index (χ4v) is 1.19. The molecule has 4 nitrogen and oxygen atoms in total. The maximum atomic E-state index is 10.4. The summed E-state index contributed by atoms with van der Waals surface area (Å²) in [6.45, 7) is -0.0359. The number of rotatable bonds is 4. The number of ether oxygens (including phenoxy) is 1. The Kier molecular flexibility index (Phi) is 3.91. The lowest BCUT2D eigenvalue weighted by molar-refractivity contribution is -0.139. The topological polar surface area (TPSA) is 72.5 Å². The molecule has 0 aliphatic heterocycles. The molecule has 0 saturated carbocycles. The van der Waals surface area contributed by atoms with Crippen molar-refractivity contribution in [1.82, 2.24) is 0 Å². The minimum Gasteiger partial charge on any atom is -0.491 e. The molecule has 76 valence electrons. The first-order chi connectivity index (χ1) is 6.59. The Labute approximate surface area is 89.8 Å². The van der Waals surface area contributed by atoms with E-state index in [-0.39, 0.29) is 6.61 Å². The lowest BCUT2D eigenvalue weighted by Gasteiger charge is -2.09. The quantitative estimate of drug-likeness (QED) is 0.854. The smallest absolute Gasteiger partial charge is 0.324 e. The van der Waals surface area contributed by atoms with E-state index in [0.29, 0.717) is 5.75 Å². The Bertz CT molecular complexity index is 330. The molecule has 1 rings (SSSR count). The molecule has 0 amide bonds. The third kappa shape index (κ3) is 3.35. The summed E-state index contributed by atoms with van der Waals surface area (Å²) < 4.78 is 6.05. The molecule has 3 N–H and O–H groups in total. The Morgan fingerprint density at radius 1 is 1.64 bits per heavy atom. The number of halogens is 1. The van der Waals surface area contributed by atoms with E-state index in [1.807, 2.05) is 6.07 Å². The number of hydrogen-bond donors (Lipinski definition) is 2. The van der Waals surface area contributed by atoms with Crippen LogP contribution in [-0.2, 0) is 4.79 Å². The normalized spacial score (nSPS) is 12.1. The fraction of sp³-hybridized carbons (Fsp3) is 0.222. The minimum atomic E-state index is -1.07. The zero-order chi connectivity index (χ0) is 10.6. The van der Waals surface area contributed by atoms with E-state index in [0.717, 1.165) is 4.47 Å². The van der Waals surface area contributed by atoms with Gasteiger partial charge in [0, 0.05) is 4.47 Å². The molecule has 0 aliphatic carbocycles. The molecule has 0 aliphatic rings. The molecular weight excluding hydrogens is 250 g/mol. The highest BCUT2D eigenvalue weighted by Crippen LogP contribution is 2.17. The molecule has 1 aromatic rings. The second-order valence-corrected chi connectivity index (χ2v) is 3.63. The number of hydrogen-bond acceptors (Lipinski definition) is 3. The zero-order valence-electron chi connectivity index (χ0n) is 7.31. The lowest BCUT2D eigenvalue weighted by Crippen LogP contribution is -2.36. The Morgan fingerprint density at radius 3 is 2.93 bits per heavy atom. The standard InChI is InChI=1S/C9H10BrNO3/c10-6-2-1-3-7(4-6)14-5-8(11)9(12)13/h1-4,8H,5,11H2,(H,12,13)/t8-/m0/s1. The predicted molar refractivity (Wildman–Crippen MR) is 55.2 cm³/mol. The van der Waals surface area contributed by atoms with Crippen molar-refractivity contribution in [3.63, 3.8) is 0 Å². The van der Waals surface area contributed by atoms with Gasteiger partial charge in [0.15, 0.2) is 0 Å². The van der Waals surface area contributed by atoms with Crippen molar-refractivity contribution < 1.29 is 14.6 Å². The molecule has 14 heavy (non-hydrogen) atoms. The van der Waals surface area contributed by atoms with Gasteiger partial charge in [-0.15, -0.1) is 0 Å². The zero-order valence-corrected chi connectivity index (χ0v) is 8.90. The van der Waals surface area contributed by atoms with Crippen molar-refractivity contribution in [2.24, 2.45) is 5.73 Å². The first-order valence-electron chi connectivity index (χ1n) is 3.96. The van der Waals surface area contributed by atoms with Crippen LogP contribution in [0, 0.1) is 0 Å². The molecule has 0 unspecified atom stereocenters. The summed E-state index contributed by atoms with van der Waals surface area (Å²) in [5, 5.41) is 8.50. The van der Waals surface area contributed by atoms with Crippen molar-refractivity contribution >= 4 is 21.9 Å². The van der Waals surface area contributed by atoms with Gasteiger partial charge in [-0.2, -0.15) is 0 Å². The number of nitrogens with two attached hydrogens (primary N) is 1. The average molecular weight is 260 g/mol. The van der Waals surface area contributed by atoms with Crippen molar-refractivity contribution in [3.05, 3.63) is 28.7 Å². The molecule has 1 atom stereocenters. The summed E-state index contributed by atoms with van der Waals surface area (Å²) in [7, 11) is 0. The second-order valence-electron chi connectivity index (χ2n) is 2.71. The highest BCUT2D eigenvalue weighted by molar-refractivity contribution is 9.10. The number of carboxylic acids is 1. The summed E-state index contributed by atoms with van der Waals surface area (Å²) in [6.07, 6.45) is 0. The van der Waals surface area contributed by atoms with Crippen LogP contribution in [0.5, 0.6) is 5.75 Å². The maximum Gasteiger partial charge on any atom is 0.324 e. The van der Waals surface area contributed by atoms with E-state index in [4.69, 9.17) is 15.6 Å². The van der Waals surface area contributed by atoms with Crippen LogP contribution in [0.25, 0.3) is 0 Å². The highest BCUT2D eigenvalue weighted by atomic mass is 79.9. The molecule has 0 heterocycles. The SMILES string of the molecule is N[C@@H](COc1cccc(Br)c1)C(=O)O. The molecule has 0 aromatic heterocycles. The van der Waals surface area contributed by atoms with Gasteiger partial charge in [0.2, 0.25) is 0 Å². The van der Waals surface area contributed by atoms with E-state index in [1.165, 1.54) is 0 Å². The van der Waals surface area contributed by atoms with Crippen LogP contribution in [0.2, 0.25) is 0 Å². The van der Waals surface area contributed by atoms with Gasteiger partial charge in [-0.05, 0) is 18.2 Å².